The Morgan fingerprint density at radius 2 is 1.15 bits per heavy atom. The molecule has 290 valence electrons. The zero-order valence-corrected chi connectivity index (χ0v) is 33.4. The number of benzene rings is 4. The van der Waals surface area contributed by atoms with Gasteiger partial charge in [0, 0.05) is 5.92 Å². The summed E-state index contributed by atoms with van der Waals surface area (Å²) in [6, 6.07) is 18.2. The quantitative estimate of drug-likeness (QED) is 0.145. The van der Waals surface area contributed by atoms with E-state index in [1.807, 2.05) is 103 Å². The third-order valence-electron chi connectivity index (χ3n) is 10.0. The summed E-state index contributed by atoms with van der Waals surface area (Å²) >= 11 is 0. The van der Waals surface area contributed by atoms with Crippen molar-refractivity contribution in [3.63, 3.8) is 0 Å². The van der Waals surface area contributed by atoms with E-state index in [1.54, 1.807) is 51.7 Å². The van der Waals surface area contributed by atoms with Crippen molar-refractivity contribution in [3.8, 4) is 34.5 Å². The van der Waals surface area contributed by atoms with E-state index in [2.05, 4.69) is 0 Å². The molecule has 2 aliphatic heterocycles. The summed E-state index contributed by atoms with van der Waals surface area (Å²) in [5.41, 5.74) is 4.71. The van der Waals surface area contributed by atoms with E-state index in [0.717, 1.165) is 33.8 Å². The monoisotopic (exact) mass is 748 g/mol. The van der Waals surface area contributed by atoms with Crippen LogP contribution in [0.2, 0.25) is 0 Å². The van der Waals surface area contributed by atoms with Gasteiger partial charge in [-0.2, -0.15) is 0 Å². The van der Waals surface area contributed by atoms with Crippen LogP contribution in [0.5, 0.6) is 34.5 Å². The van der Waals surface area contributed by atoms with Gasteiger partial charge in [0.25, 0.3) is 0 Å². The number of aliphatic hydroxyl groups is 1. The predicted octanol–water partition coefficient (Wildman–Crippen LogP) is 9.43. The standard InChI is InChI=1S/C24H28O4.C22H24O5/c1-7-17(16-9-8-15(2)21(14-16)26-5)22(25)19-10-11-20-18(23(19)27-6)12-13-24(3,4)28-20;1-13-5-6-14(11-19(13)26-4)17(12-23)21(25)16-7-8-18-15(20(16)24)9-10-22(2,3)27-18/h8-14,17H,7H2,1-6H3;5-11,17,23-24H,12H2,1-4H3. The van der Waals surface area contributed by atoms with Crippen LogP contribution in [0.4, 0.5) is 0 Å². The topological polar surface area (TPSA) is 121 Å². The van der Waals surface area contributed by atoms with Crippen molar-refractivity contribution >= 4 is 23.7 Å². The molecular weight excluding hydrogens is 696 g/mol. The van der Waals surface area contributed by atoms with Crippen LogP contribution in [0, 0.1) is 13.8 Å². The van der Waals surface area contributed by atoms with Crippen molar-refractivity contribution in [3.05, 3.63) is 117 Å². The molecule has 0 fully saturated rings. The van der Waals surface area contributed by atoms with Crippen LogP contribution in [-0.4, -0.2) is 60.9 Å². The van der Waals surface area contributed by atoms with Crippen LogP contribution >= 0.6 is 0 Å². The lowest BCUT2D eigenvalue weighted by atomic mass is 9.86. The van der Waals surface area contributed by atoms with Crippen molar-refractivity contribution in [1.82, 2.24) is 0 Å². The molecule has 0 spiro atoms. The van der Waals surface area contributed by atoms with Crippen LogP contribution in [0.15, 0.2) is 72.8 Å². The van der Waals surface area contributed by atoms with Crippen LogP contribution in [0.25, 0.3) is 12.2 Å². The SMILES string of the molecule is CCC(C(=O)c1ccc2c(c1OC)C=CC(C)(C)O2)c1ccc(C)c(OC)c1.COc1cc(C(CO)C(=O)c2ccc3c(c2O)C=CC(C)(C)O3)ccc1C. The molecule has 0 saturated carbocycles. The number of phenolic OH excluding ortho intramolecular Hbond substituents is 1. The Hall–Kier alpha value is -5.54. The summed E-state index contributed by atoms with van der Waals surface area (Å²) in [4.78, 5) is 26.5. The Bertz CT molecular complexity index is 2140. The number of hydrogen-bond donors (Lipinski definition) is 2. The lowest BCUT2D eigenvalue weighted by molar-refractivity contribution is 0.0917. The minimum Gasteiger partial charge on any atom is -0.506 e. The zero-order valence-electron chi connectivity index (χ0n) is 33.4. The number of aryl methyl sites for hydroxylation is 2. The zero-order chi connectivity index (χ0) is 40.2. The lowest BCUT2D eigenvalue weighted by Gasteiger charge is -2.29. The Morgan fingerprint density at radius 1 is 0.673 bits per heavy atom. The van der Waals surface area contributed by atoms with E-state index in [4.69, 9.17) is 23.7 Å². The van der Waals surface area contributed by atoms with Crippen molar-refractivity contribution in [2.45, 2.75) is 77.9 Å². The number of carbonyl (C=O) groups excluding carboxylic acids is 2. The summed E-state index contributed by atoms with van der Waals surface area (Å²) in [6.45, 7) is 13.4. The molecule has 0 radical (unpaired) electrons. The molecule has 0 aromatic heterocycles. The molecule has 2 N–H and O–H groups in total. The number of ether oxygens (including phenoxy) is 5. The third-order valence-corrected chi connectivity index (χ3v) is 10.0. The number of aromatic hydroxyl groups is 1. The normalized spacial score (nSPS) is 15.5. The fourth-order valence-corrected chi connectivity index (χ4v) is 6.88. The number of carbonyl (C=O) groups is 2. The molecule has 4 aromatic rings. The van der Waals surface area contributed by atoms with Gasteiger partial charge in [-0.15, -0.1) is 0 Å². The van der Waals surface area contributed by atoms with Crippen LogP contribution in [0.1, 0.15) is 107 Å². The van der Waals surface area contributed by atoms with Crippen molar-refractivity contribution in [2.75, 3.05) is 27.9 Å². The van der Waals surface area contributed by atoms with Crippen LogP contribution < -0.4 is 23.7 Å². The van der Waals surface area contributed by atoms with E-state index < -0.39 is 11.5 Å². The van der Waals surface area contributed by atoms with Crippen LogP contribution in [-0.2, 0) is 0 Å². The number of aliphatic hydroxyl groups excluding tert-OH is 1. The van der Waals surface area contributed by atoms with Gasteiger partial charge in [0.15, 0.2) is 11.6 Å². The molecule has 55 heavy (non-hydrogen) atoms. The van der Waals surface area contributed by atoms with E-state index >= 15 is 0 Å². The highest BCUT2D eigenvalue weighted by atomic mass is 16.5. The van der Waals surface area contributed by atoms with Gasteiger partial charge in [0.2, 0.25) is 0 Å². The van der Waals surface area contributed by atoms with Gasteiger partial charge in [0.05, 0.1) is 56.1 Å². The molecule has 0 bridgehead atoms. The first kappa shape index (κ1) is 40.6. The van der Waals surface area contributed by atoms with Gasteiger partial charge in [-0.3, -0.25) is 9.59 Å². The summed E-state index contributed by atoms with van der Waals surface area (Å²) in [5, 5.41) is 20.5. The maximum Gasteiger partial charge on any atom is 0.176 e. The molecule has 0 saturated heterocycles. The first-order chi connectivity index (χ1) is 26.1. The number of methoxy groups -OCH3 is 3. The Morgan fingerprint density at radius 3 is 1.64 bits per heavy atom. The van der Waals surface area contributed by atoms with Gasteiger partial charge < -0.3 is 33.9 Å². The van der Waals surface area contributed by atoms with Crippen molar-refractivity contribution in [2.24, 2.45) is 0 Å². The Kier molecular flexibility index (Phi) is 12.2. The number of ketones is 2. The Labute approximate surface area is 324 Å². The highest BCUT2D eigenvalue weighted by Gasteiger charge is 2.31. The summed E-state index contributed by atoms with van der Waals surface area (Å²) in [7, 11) is 4.80. The van der Waals surface area contributed by atoms with Crippen molar-refractivity contribution < 1.29 is 43.5 Å². The maximum atomic E-state index is 13.5. The fourth-order valence-electron chi connectivity index (χ4n) is 6.88. The molecule has 9 nitrogen and oxygen atoms in total. The molecular formula is C46H52O9. The lowest BCUT2D eigenvalue weighted by Crippen LogP contribution is -2.27. The smallest absolute Gasteiger partial charge is 0.176 e. The number of Topliss-reactive ketones (excluding diaryl/α,β-unsaturated/α-hetero) is 2. The van der Waals surface area contributed by atoms with Crippen molar-refractivity contribution in [1.29, 1.82) is 0 Å². The number of hydrogen-bond acceptors (Lipinski definition) is 9. The molecule has 9 heteroatoms. The highest BCUT2D eigenvalue weighted by molar-refractivity contribution is 6.05. The average Bonchev–Trinajstić information content (AvgIpc) is 3.15. The van der Waals surface area contributed by atoms with E-state index in [9.17, 15) is 19.8 Å². The molecule has 6 rings (SSSR count). The second kappa shape index (κ2) is 16.4. The predicted molar refractivity (Wildman–Crippen MR) is 216 cm³/mol. The average molecular weight is 749 g/mol. The third kappa shape index (κ3) is 8.57. The molecule has 4 aromatic carbocycles. The fraction of sp³-hybridized carbons (Fsp3) is 0.348. The van der Waals surface area contributed by atoms with Gasteiger partial charge in [0.1, 0.15) is 45.7 Å². The highest BCUT2D eigenvalue weighted by Crippen LogP contribution is 2.42. The first-order valence-electron chi connectivity index (χ1n) is 18.4. The number of phenols is 1. The summed E-state index contributed by atoms with van der Waals surface area (Å²) < 4.78 is 28.3. The molecule has 0 aliphatic carbocycles. The second-order valence-electron chi connectivity index (χ2n) is 14.9. The largest absolute Gasteiger partial charge is 0.506 e. The van der Waals surface area contributed by atoms with Gasteiger partial charge in [-0.25, -0.2) is 0 Å². The van der Waals surface area contributed by atoms with Gasteiger partial charge >= 0.3 is 0 Å². The van der Waals surface area contributed by atoms with Gasteiger partial charge in [-0.1, -0.05) is 31.2 Å². The summed E-state index contributed by atoms with van der Waals surface area (Å²) in [6.07, 6.45) is 8.23. The Balaban J connectivity index is 0.000000211. The van der Waals surface area contributed by atoms with E-state index in [-0.39, 0.29) is 41.0 Å². The number of rotatable bonds is 11. The van der Waals surface area contributed by atoms with Crippen LogP contribution in [0.3, 0.4) is 0 Å². The number of fused-ring (bicyclic) bond motifs is 2. The minimum atomic E-state index is -0.798. The molecule has 2 unspecified atom stereocenters. The maximum absolute atomic E-state index is 13.5. The molecule has 2 atom stereocenters. The summed E-state index contributed by atoms with van der Waals surface area (Å²) in [5.74, 6) is 1.72. The molecule has 2 aliphatic rings. The molecule has 0 amide bonds. The molecule has 2 heterocycles. The second-order valence-corrected chi connectivity index (χ2v) is 14.9. The van der Waals surface area contributed by atoms with E-state index in [0.29, 0.717) is 40.4 Å². The van der Waals surface area contributed by atoms with Gasteiger partial charge in [-0.05, 0) is 131 Å². The first-order valence-corrected chi connectivity index (χ1v) is 18.4. The minimum absolute atomic E-state index is 0.0336. The van der Waals surface area contributed by atoms with E-state index in [1.165, 1.54) is 0 Å².